The number of allylic oxidation sites excluding steroid dienone is 1. The van der Waals surface area contributed by atoms with Crippen LogP contribution in [-0.2, 0) is 6.42 Å². The molecular weight excluding hydrogens is 320 g/mol. The smallest absolute Gasteiger partial charge is 0.226 e. The van der Waals surface area contributed by atoms with Crippen LogP contribution in [-0.4, -0.2) is 14.8 Å². The molecule has 0 aliphatic carbocycles. The van der Waals surface area contributed by atoms with Gasteiger partial charge in [0.05, 0.1) is 0 Å². The molecule has 0 saturated carbocycles. The van der Waals surface area contributed by atoms with Gasteiger partial charge in [0.2, 0.25) is 5.95 Å². The molecule has 0 spiro atoms. The van der Waals surface area contributed by atoms with E-state index in [0.29, 0.717) is 0 Å². The highest BCUT2D eigenvalue weighted by molar-refractivity contribution is 6.31. The zero-order valence-electron chi connectivity index (χ0n) is 13.3. The molecule has 0 amide bonds. The predicted octanol–water partition coefficient (Wildman–Crippen LogP) is 4.55. The second-order valence-electron chi connectivity index (χ2n) is 5.75. The number of rotatable bonds is 3. The Bertz CT molecular complexity index is 896. The fraction of sp³-hybridized carbons (Fsp3) is 0.158. The highest BCUT2D eigenvalue weighted by Crippen LogP contribution is 2.34. The summed E-state index contributed by atoms with van der Waals surface area (Å²) in [7, 11) is 0. The van der Waals surface area contributed by atoms with Gasteiger partial charge >= 0.3 is 0 Å². The zero-order valence-corrected chi connectivity index (χ0v) is 14.0. The molecule has 5 heteroatoms. The molecule has 0 fully saturated rings. The summed E-state index contributed by atoms with van der Waals surface area (Å²) in [6.07, 6.45) is 4.73. The molecule has 4 rings (SSSR count). The number of anilines is 1. The molecule has 1 N–H and O–H groups in total. The third-order valence-corrected chi connectivity index (χ3v) is 4.65. The Morgan fingerprint density at radius 1 is 1.12 bits per heavy atom. The summed E-state index contributed by atoms with van der Waals surface area (Å²) >= 11 is 6.41. The summed E-state index contributed by atoms with van der Waals surface area (Å²) in [5.41, 5.74) is 4.47. The SMILES string of the molecule is CCc1ccc(C2=CC(c3ccccc3Cl)n3ncnc3N2)cc1. The van der Waals surface area contributed by atoms with Crippen molar-refractivity contribution in [3.63, 3.8) is 0 Å². The van der Waals surface area contributed by atoms with Crippen LogP contribution in [0.15, 0.2) is 60.9 Å². The van der Waals surface area contributed by atoms with Gasteiger partial charge < -0.3 is 5.32 Å². The van der Waals surface area contributed by atoms with Gasteiger partial charge in [0.15, 0.2) is 0 Å². The van der Waals surface area contributed by atoms with Crippen LogP contribution in [0.1, 0.15) is 29.7 Å². The summed E-state index contributed by atoms with van der Waals surface area (Å²) in [5.74, 6) is 0.719. The van der Waals surface area contributed by atoms with Gasteiger partial charge in [0.1, 0.15) is 12.4 Å². The van der Waals surface area contributed by atoms with E-state index in [-0.39, 0.29) is 6.04 Å². The molecule has 0 saturated heterocycles. The largest absolute Gasteiger partial charge is 0.324 e. The first-order chi connectivity index (χ1) is 11.8. The summed E-state index contributed by atoms with van der Waals surface area (Å²) in [4.78, 5) is 4.33. The maximum atomic E-state index is 6.41. The van der Waals surface area contributed by atoms with Gasteiger partial charge in [0.25, 0.3) is 0 Å². The topological polar surface area (TPSA) is 42.7 Å². The number of hydrogen-bond donors (Lipinski definition) is 1. The second kappa shape index (κ2) is 6.13. The van der Waals surface area contributed by atoms with E-state index in [0.717, 1.165) is 34.2 Å². The monoisotopic (exact) mass is 336 g/mol. The van der Waals surface area contributed by atoms with E-state index >= 15 is 0 Å². The lowest BCUT2D eigenvalue weighted by Crippen LogP contribution is -2.20. The predicted molar refractivity (Wildman–Crippen MR) is 97.0 cm³/mol. The second-order valence-corrected chi connectivity index (χ2v) is 6.16. The number of fused-ring (bicyclic) bond motifs is 1. The molecule has 0 bridgehead atoms. The standard InChI is InChI=1S/C19H17ClN4/c1-2-13-7-9-14(10-8-13)17-11-18(15-5-3-4-6-16(15)20)24-19(23-17)21-12-22-24/h3-12,18H,2H2,1H3,(H,21,22,23). The van der Waals surface area contributed by atoms with Gasteiger partial charge in [-0.15, -0.1) is 0 Å². The van der Waals surface area contributed by atoms with E-state index in [1.165, 1.54) is 5.56 Å². The van der Waals surface area contributed by atoms with Crippen molar-refractivity contribution in [2.45, 2.75) is 19.4 Å². The normalized spacial score (nSPS) is 16.2. The van der Waals surface area contributed by atoms with E-state index in [1.807, 2.05) is 28.9 Å². The van der Waals surface area contributed by atoms with Crippen LogP contribution in [0.3, 0.4) is 0 Å². The Kier molecular flexibility index (Phi) is 3.82. The van der Waals surface area contributed by atoms with Gasteiger partial charge in [-0.25, -0.2) is 4.68 Å². The fourth-order valence-electron chi connectivity index (χ4n) is 2.96. The summed E-state index contributed by atoms with van der Waals surface area (Å²) in [5, 5.41) is 8.43. The minimum Gasteiger partial charge on any atom is -0.324 e. The molecule has 1 aromatic heterocycles. The van der Waals surface area contributed by atoms with Crippen molar-refractivity contribution in [2.24, 2.45) is 0 Å². The van der Waals surface area contributed by atoms with Crippen LogP contribution in [0.2, 0.25) is 5.02 Å². The van der Waals surface area contributed by atoms with Gasteiger partial charge in [-0.1, -0.05) is 61.0 Å². The minimum absolute atomic E-state index is 0.0849. The van der Waals surface area contributed by atoms with Crippen molar-refractivity contribution in [1.29, 1.82) is 0 Å². The fourth-order valence-corrected chi connectivity index (χ4v) is 3.21. The molecule has 120 valence electrons. The lowest BCUT2D eigenvalue weighted by atomic mass is 10.0. The van der Waals surface area contributed by atoms with Crippen molar-refractivity contribution in [2.75, 3.05) is 5.32 Å². The van der Waals surface area contributed by atoms with Crippen molar-refractivity contribution in [3.8, 4) is 0 Å². The Morgan fingerprint density at radius 3 is 2.67 bits per heavy atom. The number of aryl methyl sites for hydroxylation is 1. The third-order valence-electron chi connectivity index (χ3n) is 4.30. The average molecular weight is 337 g/mol. The van der Waals surface area contributed by atoms with E-state index in [4.69, 9.17) is 11.6 Å². The Morgan fingerprint density at radius 2 is 1.92 bits per heavy atom. The van der Waals surface area contributed by atoms with Crippen molar-refractivity contribution < 1.29 is 0 Å². The van der Waals surface area contributed by atoms with Crippen LogP contribution in [0.25, 0.3) is 5.70 Å². The number of nitrogens with zero attached hydrogens (tertiary/aromatic N) is 3. The number of aromatic nitrogens is 3. The molecule has 1 atom stereocenters. The van der Waals surface area contributed by atoms with Crippen LogP contribution < -0.4 is 5.32 Å². The summed E-state index contributed by atoms with van der Waals surface area (Å²) in [6.45, 7) is 2.16. The summed E-state index contributed by atoms with van der Waals surface area (Å²) in [6, 6.07) is 16.3. The maximum Gasteiger partial charge on any atom is 0.226 e. The van der Waals surface area contributed by atoms with E-state index in [2.05, 4.69) is 52.7 Å². The minimum atomic E-state index is -0.0849. The van der Waals surface area contributed by atoms with Gasteiger partial charge in [-0.3, -0.25) is 0 Å². The summed E-state index contributed by atoms with van der Waals surface area (Å²) < 4.78 is 1.85. The Hall–Kier alpha value is -2.59. The van der Waals surface area contributed by atoms with Gasteiger partial charge in [-0.2, -0.15) is 10.1 Å². The molecule has 1 aliphatic heterocycles. The Labute approximate surface area is 145 Å². The van der Waals surface area contributed by atoms with Crippen LogP contribution in [0.5, 0.6) is 0 Å². The maximum absolute atomic E-state index is 6.41. The molecule has 24 heavy (non-hydrogen) atoms. The molecule has 3 aromatic rings. The first-order valence-corrected chi connectivity index (χ1v) is 8.36. The molecule has 1 aliphatic rings. The lowest BCUT2D eigenvalue weighted by Gasteiger charge is -2.25. The van der Waals surface area contributed by atoms with Crippen molar-refractivity contribution >= 4 is 23.2 Å². The quantitative estimate of drug-likeness (QED) is 0.763. The molecule has 1 unspecified atom stereocenters. The number of nitrogens with one attached hydrogen (secondary N) is 1. The first-order valence-electron chi connectivity index (χ1n) is 7.98. The molecule has 2 aromatic carbocycles. The van der Waals surface area contributed by atoms with Crippen LogP contribution in [0.4, 0.5) is 5.95 Å². The van der Waals surface area contributed by atoms with E-state index < -0.39 is 0 Å². The van der Waals surface area contributed by atoms with Crippen molar-refractivity contribution in [1.82, 2.24) is 14.8 Å². The lowest BCUT2D eigenvalue weighted by molar-refractivity contribution is 0.612. The van der Waals surface area contributed by atoms with Gasteiger partial charge in [-0.05, 0) is 35.3 Å². The van der Waals surface area contributed by atoms with E-state index in [1.54, 1.807) is 6.33 Å². The van der Waals surface area contributed by atoms with Crippen LogP contribution in [0, 0.1) is 0 Å². The molecule has 0 radical (unpaired) electrons. The zero-order chi connectivity index (χ0) is 16.5. The van der Waals surface area contributed by atoms with Crippen molar-refractivity contribution in [3.05, 3.63) is 82.6 Å². The van der Waals surface area contributed by atoms with Gasteiger partial charge in [0, 0.05) is 10.7 Å². The number of halogens is 1. The highest BCUT2D eigenvalue weighted by atomic mass is 35.5. The van der Waals surface area contributed by atoms with E-state index in [9.17, 15) is 0 Å². The Balaban J connectivity index is 1.80. The molecule has 4 nitrogen and oxygen atoms in total. The third kappa shape index (κ3) is 2.59. The molecule has 2 heterocycles. The average Bonchev–Trinajstić information content (AvgIpc) is 3.10. The van der Waals surface area contributed by atoms with Crippen LogP contribution >= 0.6 is 11.6 Å². The molecular formula is C19H17ClN4. The highest BCUT2D eigenvalue weighted by Gasteiger charge is 2.24. The number of hydrogen-bond acceptors (Lipinski definition) is 3. The number of benzene rings is 2. The first kappa shape index (κ1) is 15.0.